The second-order valence-corrected chi connectivity index (χ2v) is 2.62. The van der Waals surface area contributed by atoms with Crippen molar-refractivity contribution in [2.24, 2.45) is 0 Å². The minimum absolute atomic E-state index is 0.614. The first-order valence-corrected chi connectivity index (χ1v) is 3.92. The van der Waals surface area contributed by atoms with Crippen LogP contribution in [0.5, 0.6) is 11.5 Å². The fourth-order valence-electron chi connectivity index (χ4n) is 1.10. The lowest BCUT2D eigenvalue weighted by atomic mass is 10.1. The molecule has 3 heteroatoms. The summed E-state index contributed by atoms with van der Waals surface area (Å²) in [5.41, 5.74) is 0.627. The third-order valence-electron chi connectivity index (χ3n) is 1.80. The SMILES string of the molecule is [CH2]C(O)c1cc(OC)ccc1OC. The van der Waals surface area contributed by atoms with Crippen LogP contribution in [0.25, 0.3) is 0 Å². The van der Waals surface area contributed by atoms with Gasteiger partial charge in [-0.25, -0.2) is 0 Å². The number of hydrogen-bond donors (Lipinski definition) is 1. The molecule has 0 heterocycles. The molecule has 1 radical (unpaired) electrons. The third kappa shape index (κ3) is 2.12. The van der Waals surface area contributed by atoms with Crippen LogP contribution in [0.2, 0.25) is 0 Å². The molecule has 1 aromatic carbocycles. The third-order valence-corrected chi connectivity index (χ3v) is 1.80. The van der Waals surface area contributed by atoms with Gasteiger partial charge in [-0.15, -0.1) is 0 Å². The van der Waals surface area contributed by atoms with Crippen LogP contribution in [-0.4, -0.2) is 19.3 Å². The number of aliphatic hydroxyl groups excluding tert-OH is 1. The van der Waals surface area contributed by atoms with Gasteiger partial charge in [-0.05, 0) is 25.1 Å². The molecule has 1 aromatic rings. The summed E-state index contributed by atoms with van der Waals surface area (Å²) in [4.78, 5) is 0. The summed E-state index contributed by atoms with van der Waals surface area (Å²) in [6, 6.07) is 5.21. The van der Waals surface area contributed by atoms with E-state index in [0.717, 1.165) is 0 Å². The van der Waals surface area contributed by atoms with Gasteiger partial charge >= 0.3 is 0 Å². The molecular formula is C10H13O3. The molecular weight excluding hydrogens is 168 g/mol. The molecule has 1 unspecified atom stereocenters. The van der Waals surface area contributed by atoms with E-state index in [1.165, 1.54) is 0 Å². The Balaban J connectivity index is 3.10. The van der Waals surface area contributed by atoms with Crippen molar-refractivity contribution in [1.29, 1.82) is 0 Å². The molecule has 3 nitrogen and oxygen atoms in total. The summed E-state index contributed by atoms with van der Waals surface area (Å²) in [6.45, 7) is 3.51. The Morgan fingerprint density at radius 3 is 2.46 bits per heavy atom. The number of rotatable bonds is 3. The fraction of sp³-hybridized carbons (Fsp3) is 0.300. The van der Waals surface area contributed by atoms with E-state index < -0.39 is 6.10 Å². The lowest BCUT2D eigenvalue weighted by Gasteiger charge is -2.11. The molecule has 1 rings (SSSR count). The first-order valence-electron chi connectivity index (χ1n) is 3.92. The van der Waals surface area contributed by atoms with Crippen LogP contribution in [0.4, 0.5) is 0 Å². The quantitative estimate of drug-likeness (QED) is 0.769. The van der Waals surface area contributed by atoms with Gasteiger partial charge in [0.1, 0.15) is 11.5 Å². The maximum absolute atomic E-state index is 9.31. The van der Waals surface area contributed by atoms with Gasteiger partial charge in [-0.1, -0.05) is 0 Å². The number of ether oxygens (including phenoxy) is 2. The predicted molar refractivity (Wildman–Crippen MR) is 49.9 cm³/mol. The molecule has 1 atom stereocenters. The van der Waals surface area contributed by atoms with Gasteiger partial charge in [0.05, 0.1) is 20.3 Å². The van der Waals surface area contributed by atoms with Crippen LogP contribution < -0.4 is 9.47 Å². The largest absolute Gasteiger partial charge is 0.497 e. The van der Waals surface area contributed by atoms with Gasteiger partial charge in [-0.2, -0.15) is 0 Å². The second-order valence-electron chi connectivity index (χ2n) is 2.62. The minimum Gasteiger partial charge on any atom is -0.497 e. The fourth-order valence-corrected chi connectivity index (χ4v) is 1.10. The average Bonchev–Trinajstić information content (AvgIpc) is 2.16. The van der Waals surface area contributed by atoms with Crippen molar-refractivity contribution < 1.29 is 14.6 Å². The Hall–Kier alpha value is -1.22. The lowest BCUT2D eigenvalue weighted by Crippen LogP contribution is -1.97. The highest BCUT2D eigenvalue weighted by molar-refractivity contribution is 5.41. The van der Waals surface area contributed by atoms with Crippen LogP contribution in [0, 0.1) is 6.92 Å². The van der Waals surface area contributed by atoms with Crippen molar-refractivity contribution in [1.82, 2.24) is 0 Å². The zero-order valence-electron chi connectivity index (χ0n) is 7.78. The normalized spacial score (nSPS) is 12.3. The minimum atomic E-state index is -0.801. The zero-order chi connectivity index (χ0) is 9.84. The first kappa shape index (κ1) is 9.86. The maximum Gasteiger partial charge on any atom is 0.124 e. The molecule has 71 valence electrons. The summed E-state index contributed by atoms with van der Waals surface area (Å²) in [5.74, 6) is 1.29. The summed E-state index contributed by atoms with van der Waals surface area (Å²) < 4.78 is 10.1. The van der Waals surface area contributed by atoms with Crippen molar-refractivity contribution in [3.63, 3.8) is 0 Å². The molecule has 0 aliphatic rings. The van der Waals surface area contributed by atoms with Gasteiger partial charge in [-0.3, -0.25) is 0 Å². The summed E-state index contributed by atoms with van der Waals surface area (Å²) in [5, 5.41) is 9.31. The van der Waals surface area contributed by atoms with Crippen LogP contribution in [0.15, 0.2) is 18.2 Å². The Labute approximate surface area is 77.9 Å². The van der Waals surface area contributed by atoms with Crippen LogP contribution in [0.1, 0.15) is 11.7 Å². The topological polar surface area (TPSA) is 38.7 Å². The number of methoxy groups -OCH3 is 2. The molecule has 0 saturated carbocycles. The molecule has 0 aliphatic heterocycles. The Morgan fingerprint density at radius 2 is 2.00 bits per heavy atom. The highest BCUT2D eigenvalue weighted by Crippen LogP contribution is 2.28. The van der Waals surface area contributed by atoms with Gasteiger partial charge in [0.25, 0.3) is 0 Å². The predicted octanol–water partition coefficient (Wildman–Crippen LogP) is 1.57. The van der Waals surface area contributed by atoms with Crippen molar-refractivity contribution in [2.75, 3.05) is 14.2 Å². The number of benzene rings is 1. The zero-order valence-corrected chi connectivity index (χ0v) is 7.78. The van der Waals surface area contributed by atoms with E-state index in [9.17, 15) is 5.11 Å². The van der Waals surface area contributed by atoms with E-state index in [1.54, 1.807) is 32.4 Å². The standard InChI is InChI=1S/C10H13O3/c1-7(11)9-6-8(12-2)4-5-10(9)13-3/h4-7,11H,1H2,2-3H3. The van der Waals surface area contributed by atoms with Crippen molar-refractivity contribution >= 4 is 0 Å². The summed E-state index contributed by atoms with van der Waals surface area (Å²) >= 11 is 0. The molecule has 0 aliphatic carbocycles. The molecule has 0 amide bonds. The van der Waals surface area contributed by atoms with Crippen molar-refractivity contribution in [3.8, 4) is 11.5 Å². The summed E-state index contributed by atoms with van der Waals surface area (Å²) in [7, 11) is 3.12. The Kier molecular flexibility index (Phi) is 3.14. The number of aliphatic hydroxyl groups is 1. The molecule has 13 heavy (non-hydrogen) atoms. The van der Waals surface area contributed by atoms with Crippen LogP contribution in [-0.2, 0) is 0 Å². The Bertz CT molecular complexity index is 281. The van der Waals surface area contributed by atoms with Crippen molar-refractivity contribution in [3.05, 3.63) is 30.7 Å². The van der Waals surface area contributed by atoms with Gasteiger partial charge in [0.2, 0.25) is 0 Å². The van der Waals surface area contributed by atoms with E-state index in [0.29, 0.717) is 17.1 Å². The molecule has 0 aromatic heterocycles. The highest BCUT2D eigenvalue weighted by atomic mass is 16.5. The van der Waals surface area contributed by atoms with Gasteiger partial charge in [0, 0.05) is 5.56 Å². The van der Waals surface area contributed by atoms with E-state index in [1.807, 2.05) is 0 Å². The first-order chi connectivity index (χ1) is 6.19. The molecule has 1 N–H and O–H groups in total. The average molecular weight is 181 g/mol. The lowest BCUT2D eigenvalue weighted by molar-refractivity contribution is 0.219. The van der Waals surface area contributed by atoms with E-state index >= 15 is 0 Å². The maximum atomic E-state index is 9.31. The van der Waals surface area contributed by atoms with Crippen molar-refractivity contribution in [2.45, 2.75) is 6.10 Å². The molecule has 0 saturated heterocycles. The van der Waals surface area contributed by atoms with Crippen LogP contribution >= 0.6 is 0 Å². The monoisotopic (exact) mass is 181 g/mol. The highest BCUT2D eigenvalue weighted by Gasteiger charge is 2.09. The van der Waals surface area contributed by atoms with E-state index in [4.69, 9.17) is 9.47 Å². The molecule has 0 bridgehead atoms. The van der Waals surface area contributed by atoms with Gasteiger partial charge < -0.3 is 14.6 Å². The molecule has 0 spiro atoms. The van der Waals surface area contributed by atoms with Crippen LogP contribution in [0.3, 0.4) is 0 Å². The number of hydrogen-bond acceptors (Lipinski definition) is 3. The van der Waals surface area contributed by atoms with Gasteiger partial charge in [0.15, 0.2) is 0 Å². The van der Waals surface area contributed by atoms with E-state index in [2.05, 4.69) is 6.92 Å². The smallest absolute Gasteiger partial charge is 0.124 e. The van der Waals surface area contributed by atoms with E-state index in [-0.39, 0.29) is 0 Å². The second kappa shape index (κ2) is 4.14. The summed E-state index contributed by atoms with van der Waals surface area (Å²) in [6.07, 6.45) is -0.801. The Morgan fingerprint density at radius 1 is 1.31 bits per heavy atom. The molecule has 0 fully saturated rings.